The molecule has 0 aliphatic carbocycles. The van der Waals surface area contributed by atoms with Crippen molar-refractivity contribution in [3.05, 3.63) is 40.9 Å². The first-order chi connectivity index (χ1) is 7.27. The van der Waals surface area contributed by atoms with Crippen LogP contribution in [0.15, 0.2) is 30.4 Å². The molecule has 0 fully saturated rings. The standard InChI is InChI=1S/C12H13ClN2/c1-2-3-4-7-15-12-6-5-11(13)8-10(12)9-14/h2-3,5-6,8,15H,4,7H2,1H3/b3-2+. The van der Waals surface area contributed by atoms with E-state index in [9.17, 15) is 0 Å². The van der Waals surface area contributed by atoms with Crippen LogP contribution in [-0.2, 0) is 0 Å². The number of nitrogens with one attached hydrogen (secondary N) is 1. The molecule has 0 saturated carbocycles. The van der Waals surface area contributed by atoms with Gasteiger partial charge in [0.1, 0.15) is 6.07 Å². The van der Waals surface area contributed by atoms with Gasteiger partial charge < -0.3 is 5.32 Å². The number of halogens is 1. The summed E-state index contributed by atoms with van der Waals surface area (Å²) in [4.78, 5) is 0. The molecule has 1 aromatic carbocycles. The highest BCUT2D eigenvalue weighted by Gasteiger charge is 2.00. The van der Waals surface area contributed by atoms with Crippen LogP contribution in [0.5, 0.6) is 0 Å². The fourth-order valence-electron chi connectivity index (χ4n) is 1.22. The molecule has 3 heteroatoms. The van der Waals surface area contributed by atoms with Gasteiger partial charge in [-0.1, -0.05) is 23.8 Å². The summed E-state index contributed by atoms with van der Waals surface area (Å²) in [6, 6.07) is 7.39. The minimum Gasteiger partial charge on any atom is -0.384 e. The lowest BCUT2D eigenvalue weighted by Crippen LogP contribution is -2.01. The number of hydrogen-bond acceptors (Lipinski definition) is 2. The predicted molar refractivity (Wildman–Crippen MR) is 64.1 cm³/mol. The molecule has 0 aliphatic heterocycles. The summed E-state index contributed by atoms with van der Waals surface area (Å²) in [6.45, 7) is 2.81. The Balaban J connectivity index is 2.65. The van der Waals surface area contributed by atoms with E-state index in [2.05, 4.69) is 17.5 Å². The monoisotopic (exact) mass is 220 g/mol. The zero-order valence-corrected chi connectivity index (χ0v) is 9.38. The minimum absolute atomic E-state index is 0.586. The molecular weight excluding hydrogens is 208 g/mol. The highest BCUT2D eigenvalue weighted by molar-refractivity contribution is 6.30. The van der Waals surface area contributed by atoms with Gasteiger partial charge in [0.15, 0.2) is 0 Å². The Hall–Kier alpha value is -1.46. The van der Waals surface area contributed by atoms with E-state index in [0.29, 0.717) is 10.6 Å². The van der Waals surface area contributed by atoms with Gasteiger partial charge in [0, 0.05) is 11.6 Å². The van der Waals surface area contributed by atoms with E-state index in [1.165, 1.54) is 0 Å². The van der Waals surface area contributed by atoms with E-state index in [-0.39, 0.29) is 0 Å². The van der Waals surface area contributed by atoms with E-state index in [4.69, 9.17) is 16.9 Å². The number of nitrogens with zero attached hydrogens (tertiary/aromatic N) is 1. The van der Waals surface area contributed by atoms with Crippen LogP contribution in [-0.4, -0.2) is 6.54 Å². The van der Waals surface area contributed by atoms with E-state index >= 15 is 0 Å². The molecule has 15 heavy (non-hydrogen) atoms. The van der Waals surface area contributed by atoms with Gasteiger partial charge in [-0.2, -0.15) is 5.26 Å². The number of hydrogen-bond donors (Lipinski definition) is 1. The largest absolute Gasteiger partial charge is 0.384 e. The van der Waals surface area contributed by atoms with E-state index in [1.54, 1.807) is 12.1 Å². The molecule has 0 atom stereocenters. The van der Waals surface area contributed by atoms with Crippen LogP contribution in [0.4, 0.5) is 5.69 Å². The maximum atomic E-state index is 8.88. The van der Waals surface area contributed by atoms with Crippen molar-refractivity contribution in [3.63, 3.8) is 0 Å². The molecule has 0 spiro atoms. The van der Waals surface area contributed by atoms with Gasteiger partial charge in [0.25, 0.3) is 0 Å². The van der Waals surface area contributed by atoms with Crippen LogP contribution >= 0.6 is 11.6 Å². The van der Waals surface area contributed by atoms with E-state index in [1.807, 2.05) is 19.1 Å². The van der Waals surface area contributed by atoms with Gasteiger partial charge in [-0.25, -0.2) is 0 Å². The average Bonchev–Trinajstić information content (AvgIpc) is 2.26. The van der Waals surface area contributed by atoms with Gasteiger partial charge in [0.2, 0.25) is 0 Å². The lowest BCUT2D eigenvalue weighted by molar-refractivity contribution is 1.06. The first-order valence-electron chi connectivity index (χ1n) is 4.82. The predicted octanol–water partition coefficient (Wildman–Crippen LogP) is 3.59. The third kappa shape index (κ3) is 3.65. The molecule has 0 amide bonds. The third-order valence-electron chi connectivity index (χ3n) is 1.96. The highest BCUT2D eigenvalue weighted by Crippen LogP contribution is 2.19. The number of allylic oxidation sites excluding steroid dienone is 1. The van der Waals surface area contributed by atoms with Crippen molar-refractivity contribution in [2.75, 3.05) is 11.9 Å². The maximum absolute atomic E-state index is 8.88. The fourth-order valence-corrected chi connectivity index (χ4v) is 1.39. The molecular formula is C12H13ClN2. The summed E-state index contributed by atoms with van der Waals surface area (Å²) >= 11 is 5.79. The van der Waals surface area contributed by atoms with Gasteiger partial charge in [-0.3, -0.25) is 0 Å². The second-order valence-electron chi connectivity index (χ2n) is 3.09. The van der Waals surface area contributed by atoms with Crippen LogP contribution in [0, 0.1) is 11.3 Å². The van der Waals surface area contributed by atoms with Crippen LogP contribution in [0.2, 0.25) is 5.02 Å². The minimum atomic E-state index is 0.586. The number of nitriles is 1. The molecule has 78 valence electrons. The average molecular weight is 221 g/mol. The molecule has 0 aromatic heterocycles. The number of anilines is 1. The van der Waals surface area contributed by atoms with E-state index < -0.39 is 0 Å². The zero-order chi connectivity index (χ0) is 11.1. The van der Waals surface area contributed by atoms with Crippen LogP contribution < -0.4 is 5.32 Å². The Kier molecular flexibility index (Phi) is 4.73. The van der Waals surface area contributed by atoms with Crippen LogP contribution in [0.1, 0.15) is 18.9 Å². The van der Waals surface area contributed by atoms with E-state index in [0.717, 1.165) is 18.7 Å². The summed E-state index contributed by atoms with van der Waals surface area (Å²) in [5.74, 6) is 0. The molecule has 0 radical (unpaired) electrons. The molecule has 0 unspecified atom stereocenters. The Bertz CT molecular complexity index is 391. The third-order valence-corrected chi connectivity index (χ3v) is 2.20. The Morgan fingerprint density at radius 3 is 3.00 bits per heavy atom. The molecule has 1 aromatic rings. The summed E-state index contributed by atoms with van der Waals surface area (Å²) in [6.07, 6.45) is 5.04. The first-order valence-corrected chi connectivity index (χ1v) is 5.20. The van der Waals surface area contributed by atoms with Crippen molar-refractivity contribution in [2.45, 2.75) is 13.3 Å². The van der Waals surface area contributed by atoms with Gasteiger partial charge in [-0.15, -0.1) is 0 Å². The molecule has 0 aliphatic rings. The molecule has 1 rings (SSSR count). The van der Waals surface area contributed by atoms with Crippen molar-refractivity contribution in [1.82, 2.24) is 0 Å². The SMILES string of the molecule is C/C=C/CCNc1ccc(Cl)cc1C#N. The second kappa shape index (κ2) is 6.10. The molecule has 0 bridgehead atoms. The van der Waals surface area contributed by atoms with Gasteiger partial charge >= 0.3 is 0 Å². The summed E-state index contributed by atoms with van der Waals surface area (Å²) in [5.41, 5.74) is 1.43. The Morgan fingerprint density at radius 1 is 1.53 bits per heavy atom. The van der Waals surface area contributed by atoms with Gasteiger partial charge in [-0.05, 0) is 31.5 Å². The van der Waals surface area contributed by atoms with Crippen LogP contribution in [0.25, 0.3) is 0 Å². The summed E-state index contributed by atoms with van der Waals surface area (Å²) < 4.78 is 0. The zero-order valence-electron chi connectivity index (χ0n) is 8.63. The van der Waals surface area contributed by atoms with Crippen molar-refractivity contribution >= 4 is 17.3 Å². The smallest absolute Gasteiger partial charge is 0.101 e. The van der Waals surface area contributed by atoms with Crippen molar-refractivity contribution in [3.8, 4) is 6.07 Å². The maximum Gasteiger partial charge on any atom is 0.101 e. The quantitative estimate of drug-likeness (QED) is 0.622. The molecule has 0 saturated heterocycles. The van der Waals surface area contributed by atoms with Crippen molar-refractivity contribution < 1.29 is 0 Å². The summed E-state index contributed by atoms with van der Waals surface area (Å²) in [7, 11) is 0. The van der Waals surface area contributed by atoms with Crippen molar-refractivity contribution in [1.29, 1.82) is 5.26 Å². The molecule has 0 heterocycles. The normalized spacial score (nSPS) is 10.2. The van der Waals surface area contributed by atoms with Crippen LogP contribution in [0.3, 0.4) is 0 Å². The highest BCUT2D eigenvalue weighted by atomic mass is 35.5. The molecule has 1 N–H and O–H groups in total. The second-order valence-corrected chi connectivity index (χ2v) is 3.52. The number of rotatable bonds is 4. The summed E-state index contributed by atoms with van der Waals surface area (Å²) in [5, 5.41) is 12.7. The van der Waals surface area contributed by atoms with Gasteiger partial charge in [0.05, 0.1) is 11.3 Å². The lowest BCUT2D eigenvalue weighted by atomic mass is 10.2. The van der Waals surface area contributed by atoms with Crippen molar-refractivity contribution in [2.24, 2.45) is 0 Å². The first kappa shape index (κ1) is 11.6. The molecule has 2 nitrogen and oxygen atoms in total. The number of benzene rings is 1. The Labute approximate surface area is 95.2 Å². The fraction of sp³-hybridized carbons (Fsp3) is 0.250. The topological polar surface area (TPSA) is 35.8 Å². The Morgan fingerprint density at radius 2 is 2.33 bits per heavy atom. The lowest BCUT2D eigenvalue weighted by Gasteiger charge is -2.06.